The number of nitrogens with zero attached hydrogens (tertiary/aromatic N) is 3. The Morgan fingerprint density at radius 2 is 2.38 bits per heavy atom. The van der Waals surface area contributed by atoms with E-state index in [4.69, 9.17) is 5.11 Å². The summed E-state index contributed by atoms with van der Waals surface area (Å²) in [7, 11) is 0. The first-order chi connectivity index (χ1) is 6.18. The van der Waals surface area contributed by atoms with E-state index in [1.54, 1.807) is 10.6 Å². The van der Waals surface area contributed by atoms with Gasteiger partial charge in [-0.3, -0.25) is 4.40 Å². The van der Waals surface area contributed by atoms with Gasteiger partial charge < -0.3 is 5.11 Å². The summed E-state index contributed by atoms with van der Waals surface area (Å²) < 4.78 is 1.60. The van der Waals surface area contributed by atoms with Crippen molar-refractivity contribution in [1.82, 2.24) is 14.4 Å². The third kappa shape index (κ3) is 1.14. The zero-order valence-electron chi connectivity index (χ0n) is 6.93. The van der Waals surface area contributed by atoms with E-state index < -0.39 is 5.97 Å². The molecule has 0 aliphatic rings. The molecular formula is C8H7N3O2. The zero-order chi connectivity index (χ0) is 9.42. The molecule has 5 heteroatoms. The van der Waals surface area contributed by atoms with E-state index in [1.807, 2.05) is 6.92 Å². The third-order valence-corrected chi connectivity index (χ3v) is 1.76. The minimum atomic E-state index is -1.02. The van der Waals surface area contributed by atoms with Crippen molar-refractivity contribution >= 4 is 11.6 Å². The molecule has 0 amide bonds. The molecule has 0 aromatic carbocycles. The quantitative estimate of drug-likeness (QED) is 0.697. The maximum Gasteiger partial charge on any atom is 0.356 e. The minimum Gasteiger partial charge on any atom is -0.476 e. The van der Waals surface area contributed by atoms with Gasteiger partial charge in [0.1, 0.15) is 12.0 Å². The highest BCUT2D eigenvalue weighted by atomic mass is 16.4. The molecule has 0 fully saturated rings. The Labute approximate surface area is 73.7 Å². The molecule has 2 aromatic rings. The van der Waals surface area contributed by atoms with E-state index in [2.05, 4.69) is 9.97 Å². The van der Waals surface area contributed by atoms with Crippen molar-refractivity contribution in [3.05, 3.63) is 30.0 Å². The first kappa shape index (κ1) is 7.72. The SMILES string of the molecule is Cc1cncn2cc(C(=O)O)nc12. The van der Waals surface area contributed by atoms with Crippen LogP contribution in [-0.4, -0.2) is 25.4 Å². The number of aromatic carboxylic acids is 1. The number of hydrogen-bond donors (Lipinski definition) is 1. The van der Waals surface area contributed by atoms with Crippen LogP contribution in [0.5, 0.6) is 0 Å². The predicted molar refractivity (Wildman–Crippen MR) is 44.7 cm³/mol. The van der Waals surface area contributed by atoms with Gasteiger partial charge in [0.05, 0.1) is 0 Å². The molecule has 0 spiro atoms. The molecule has 0 saturated heterocycles. The number of imidazole rings is 1. The Hall–Kier alpha value is -1.91. The van der Waals surface area contributed by atoms with E-state index in [9.17, 15) is 4.79 Å². The van der Waals surface area contributed by atoms with Crippen molar-refractivity contribution in [2.24, 2.45) is 0 Å². The molecule has 0 bridgehead atoms. The van der Waals surface area contributed by atoms with Crippen LogP contribution >= 0.6 is 0 Å². The summed E-state index contributed by atoms with van der Waals surface area (Å²) in [6.45, 7) is 1.83. The number of carboxylic acid groups (broad SMARTS) is 1. The van der Waals surface area contributed by atoms with Gasteiger partial charge in [0.25, 0.3) is 0 Å². The van der Waals surface area contributed by atoms with Crippen LogP contribution in [0.4, 0.5) is 0 Å². The lowest BCUT2D eigenvalue weighted by Crippen LogP contribution is -1.95. The Bertz CT molecular complexity index is 475. The number of carbonyl (C=O) groups is 1. The summed E-state index contributed by atoms with van der Waals surface area (Å²) in [6, 6.07) is 0. The summed E-state index contributed by atoms with van der Waals surface area (Å²) >= 11 is 0. The molecule has 13 heavy (non-hydrogen) atoms. The van der Waals surface area contributed by atoms with Gasteiger partial charge in [-0.15, -0.1) is 0 Å². The van der Waals surface area contributed by atoms with Crippen molar-refractivity contribution in [3.8, 4) is 0 Å². The average molecular weight is 177 g/mol. The lowest BCUT2D eigenvalue weighted by Gasteiger charge is -1.92. The van der Waals surface area contributed by atoms with Crippen LogP contribution in [0.25, 0.3) is 5.65 Å². The molecule has 2 rings (SSSR count). The maximum absolute atomic E-state index is 10.6. The lowest BCUT2D eigenvalue weighted by atomic mass is 10.4. The second-order valence-electron chi connectivity index (χ2n) is 2.74. The monoisotopic (exact) mass is 177 g/mol. The topological polar surface area (TPSA) is 67.5 Å². The second-order valence-corrected chi connectivity index (χ2v) is 2.74. The van der Waals surface area contributed by atoms with Gasteiger partial charge in [-0.1, -0.05) is 0 Å². The Kier molecular flexibility index (Phi) is 1.51. The smallest absolute Gasteiger partial charge is 0.356 e. The fourth-order valence-electron chi connectivity index (χ4n) is 1.15. The van der Waals surface area contributed by atoms with Gasteiger partial charge in [0, 0.05) is 18.0 Å². The Balaban J connectivity index is 2.75. The van der Waals surface area contributed by atoms with Gasteiger partial charge in [0.15, 0.2) is 5.69 Å². The number of carboxylic acids is 1. The highest BCUT2D eigenvalue weighted by Crippen LogP contribution is 2.07. The molecule has 0 saturated carbocycles. The molecule has 5 nitrogen and oxygen atoms in total. The predicted octanol–water partition coefficient (Wildman–Crippen LogP) is 0.736. The summed E-state index contributed by atoms with van der Waals surface area (Å²) in [6.07, 6.45) is 4.62. The van der Waals surface area contributed by atoms with E-state index in [-0.39, 0.29) is 5.69 Å². The molecule has 1 N–H and O–H groups in total. The number of aryl methyl sites for hydroxylation is 1. The summed E-state index contributed by atoms with van der Waals surface area (Å²) in [4.78, 5) is 18.4. The average Bonchev–Trinajstić information content (AvgIpc) is 2.49. The summed E-state index contributed by atoms with van der Waals surface area (Å²) in [5.41, 5.74) is 1.53. The van der Waals surface area contributed by atoms with Gasteiger partial charge in [-0.05, 0) is 6.92 Å². The van der Waals surface area contributed by atoms with Gasteiger partial charge in [-0.25, -0.2) is 14.8 Å². The molecule has 0 unspecified atom stereocenters. The first-order valence-corrected chi connectivity index (χ1v) is 3.71. The van der Waals surface area contributed by atoms with Gasteiger partial charge >= 0.3 is 5.97 Å². The summed E-state index contributed by atoms with van der Waals surface area (Å²) in [5.74, 6) is -1.02. The van der Waals surface area contributed by atoms with Crippen LogP contribution in [0.3, 0.4) is 0 Å². The highest BCUT2D eigenvalue weighted by Gasteiger charge is 2.09. The highest BCUT2D eigenvalue weighted by molar-refractivity contribution is 5.86. The standard InChI is InChI=1S/C8H7N3O2/c1-5-2-9-4-11-3-6(8(12)13)10-7(5)11/h2-4H,1H3,(H,12,13). The fraction of sp³-hybridized carbons (Fsp3) is 0.125. The zero-order valence-corrected chi connectivity index (χ0v) is 6.93. The van der Waals surface area contributed by atoms with E-state index in [1.165, 1.54) is 12.5 Å². The van der Waals surface area contributed by atoms with Crippen LogP contribution in [0.1, 0.15) is 16.1 Å². The number of rotatable bonds is 1. The van der Waals surface area contributed by atoms with E-state index in [0.717, 1.165) is 5.56 Å². The van der Waals surface area contributed by atoms with Crippen LogP contribution in [-0.2, 0) is 0 Å². The van der Waals surface area contributed by atoms with E-state index in [0.29, 0.717) is 5.65 Å². The van der Waals surface area contributed by atoms with E-state index >= 15 is 0 Å². The van der Waals surface area contributed by atoms with Gasteiger partial charge in [-0.2, -0.15) is 0 Å². The van der Waals surface area contributed by atoms with Crippen LogP contribution < -0.4 is 0 Å². The van der Waals surface area contributed by atoms with Crippen LogP contribution in [0.2, 0.25) is 0 Å². The lowest BCUT2D eigenvalue weighted by molar-refractivity contribution is 0.0691. The van der Waals surface area contributed by atoms with Crippen molar-refractivity contribution in [2.75, 3.05) is 0 Å². The molecule has 66 valence electrons. The Morgan fingerprint density at radius 1 is 1.62 bits per heavy atom. The molecule has 0 aliphatic carbocycles. The van der Waals surface area contributed by atoms with Crippen LogP contribution in [0, 0.1) is 6.92 Å². The first-order valence-electron chi connectivity index (χ1n) is 3.71. The molecular weight excluding hydrogens is 170 g/mol. The Morgan fingerprint density at radius 3 is 3.00 bits per heavy atom. The number of hydrogen-bond acceptors (Lipinski definition) is 3. The summed E-state index contributed by atoms with van der Waals surface area (Å²) in [5, 5.41) is 8.68. The molecule has 2 aromatic heterocycles. The maximum atomic E-state index is 10.6. The molecule has 0 aliphatic heterocycles. The molecule has 0 atom stereocenters. The third-order valence-electron chi connectivity index (χ3n) is 1.76. The minimum absolute atomic E-state index is 0.0381. The van der Waals surface area contributed by atoms with Gasteiger partial charge in [0.2, 0.25) is 0 Å². The normalized spacial score (nSPS) is 10.5. The number of aromatic nitrogens is 3. The molecule has 2 heterocycles. The second kappa shape index (κ2) is 2.55. The van der Waals surface area contributed by atoms with Crippen molar-refractivity contribution in [2.45, 2.75) is 6.92 Å². The van der Waals surface area contributed by atoms with Crippen molar-refractivity contribution in [1.29, 1.82) is 0 Å². The molecule has 0 radical (unpaired) electrons. The number of fused-ring (bicyclic) bond motifs is 1. The van der Waals surface area contributed by atoms with Crippen LogP contribution in [0.15, 0.2) is 18.7 Å². The van der Waals surface area contributed by atoms with Crippen molar-refractivity contribution < 1.29 is 9.90 Å². The fourth-order valence-corrected chi connectivity index (χ4v) is 1.15. The van der Waals surface area contributed by atoms with Crippen molar-refractivity contribution in [3.63, 3.8) is 0 Å². The largest absolute Gasteiger partial charge is 0.476 e.